The van der Waals surface area contributed by atoms with Gasteiger partial charge in [-0.3, -0.25) is 0 Å². The van der Waals surface area contributed by atoms with Gasteiger partial charge in [-0.2, -0.15) is 0 Å². The minimum absolute atomic E-state index is 0.0288. The van der Waals surface area contributed by atoms with E-state index in [4.69, 9.17) is 9.47 Å². The van der Waals surface area contributed by atoms with Crippen LogP contribution in [-0.2, 0) is 9.47 Å². The molecule has 1 aliphatic heterocycles. The molecule has 0 radical (unpaired) electrons. The first-order valence-corrected chi connectivity index (χ1v) is 10.4. The molecule has 3 fully saturated rings. The van der Waals surface area contributed by atoms with E-state index in [9.17, 15) is 5.11 Å². The van der Waals surface area contributed by atoms with Gasteiger partial charge in [0.15, 0.2) is 5.79 Å². The summed E-state index contributed by atoms with van der Waals surface area (Å²) in [6.45, 7) is 11.8. The quantitative estimate of drug-likeness (QED) is 0.690. The summed E-state index contributed by atoms with van der Waals surface area (Å²) in [5, 5.41) is 10.3. The van der Waals surface area contributed by atoms with E-state index in [1.54, 1.807) is 5.57 Å². The highest BCUT2D eigenvalue weighted by Gasteiger charge is 2.67. The van der Waals surface area contributed by atoms with Crippen LogP contribution in [0.25, 0.3) is 0 Å². The number of aliphatic hydroxyl groups is 1. The largest absolute Gasteiger partial charge is 0.395 e. The van der Waals surface area contributed by atoms with Crippen LogP contribution in [0.15, 0.2) is 11.6 Å². The lowest BCUT2D eigenvalue weighted by Crippen LogP contribution is -2.62. The lowest BCUT2D eigenvalue weighted by atomic mass is 9.43. The van der Waals surface area contributed by atoms with Crippen molar-refractivity contribution in [1.82, 2.24) is 0 Å². The Bertz CT molecular complexity index is 570. The van der Waals surface area contributed by atoms with Gasteiger partial charge in [0.1, 0.15) is 0 Å². The van der Waals surface area contributed by atoms with Gasteiger partial charge in [-0.15, -0.1) is 0 Å². The monoisotopic (exact) mass is 348 g/mol. The molecule has 3 aliphatic carbocycles. The zero-order valence-corrected chi connectivity index (χ0v) is 16.7. The highest BCUT2D eigenvalue weighted by Crippen LogP contribution is 2.69. The first-order chi connectivity index (χ1) is 11.7. The predicted octanol–water partition coefficient (Wildman–Crippen LogP) is 4.83. The molecule has 1 heterocycles. The van der Waals surface area contributed by atoms with Crippen molar-refractivity contribution in [1.29, 1.82) is 0 Å². The van der Waals surface area contributed by atoms with Crippen molar-refractivity contribution in [3.8, 4) is 0 Å². The molecule has 142 valence electrons. The van der Waals surface area contributed by atoms with Crippen molar-refractivity contribution in [3.63, 3.8) is 0 Å². The summed E-state index contributed by atoms with van der Waals surface area (Å²) in [6.07, 6.45) is 10.7. The van der Waals surface area contributed by atoms with E-state index in [-0.39, 0.29) is 28.5 Å². The van der Waals surface area contributed by atoms with Gasteiger partial charge < -0.3 is 14.6 Å². The smallest absolute Gasteiger partial charge is 0.174 e. The number of allylic oxidation sites excluding steroid dienone is 1. The Labute approximate surface area is 153 Å². The summed E-state index contributed by atoms with van der Waals surface area (Å²) >= 11 is 0. The predicted molar refractivity (Wildman–Crippen MR) is 99.1 cm³/mol. The molecule has 1 unspecified atom stereocenters. The van der Waals surface area contributed by atoms with E-state index in [1.807, 2.05) is 0 Å². The van der Waals surface area contributed by atoms with Gasteiger partial charge in [-0.05, 0) is 63.7 Å². The molecular weight excluding hydrogens is 312 g/mol. The van der Waals surface area contributed by atoms with Crippen molar-refractivity contribution in [2.24, 2.45) is 22.2 Å². The molecule has 3 nitrogen and oxygen atoms in total. The lowest BCUT2D eigenvalue weighted by molar-refractivity contribution is -0.295. The van der Waals surface area contributed by atoms with Crippen LogP contribution < -0.4 is 0 Å². The molecule has 1 N–H and O–H groups in total. The molecule has 0 amide bonds. The maximum Gasteiger partial charge on any atom is 0.174 e. The number of aliphatic hydroxyl groups excluding tert-OH is 1. The van der Waals surface area contributed by atoms with E-state index >= 15 is 0 Å². The van der Waals surface area contributed by atoms with Crippen molar-refractivity contribution in [2.45, 2.75) is 97.6 Å². The topological polar surface area (TPSA) is 38.7 Å². The second-order valence-corrected chi connectivity index (χ2v) is 10.1. The van der Waals surface area contributed by atoms with E-state index in [2.05, 4.69) is 40.7 Å². The maximum atomic E-state index is 10.3. The average Bonchev–Trinajstić information content (AvgIpc) is 2.88. The normalized spacial score (nSPS) is 47.9. The van der Waals surface area contributed by atoms with Crippen LogP contribution in [0.5, 0.6) is 0 Å². The second-order valence-electron chi connectivity index (χ2n) is 10.1. The van der Waals surface area contributed by atoms with Crippen molar-refractivity contribution in [3.05, 3.63) is 11.6 Å². The van der Waals surface area contributed by atoms with E-state index in [1.165, 1.54) is 19.3 Å². The zero-order valence-electron chi connectivity index (χ0n) is 16.7. The molecule has 4 rings (SSSR count). The fourth-order valence-electron chi connectivity index (χ4n) is 7.03. The van der Waals surface area contributed by atoms with E-state index < -0.39 is 5.79 Å². The number of rotatable bonds is 1. The average molecular weight is 349 g/mol. The zero-order chi connectivity index (χ0) is 18.1. The molecule has 25 heavy (non-hydrogen) atoms. The van der Waals surface area contributed by atoms with Crippen LogP contribution in [0, 0.1) is 22.2 Å². The fourth-order valence-corrected chi connectivity index (χ4v) is 7.03. The molecule has 3 heteroatoms. The van der Waals surface area contributed by atoms with Crippen molar-refractivity contribution < 1.29 is 14.6 Å². The number of fused-ring (bicyclic) bond motifs is 3. The third kappa shape index (κ3) is 2.21. The lowest BCUT2D eigenvalue weighted by Gasteiger charge is -2.64. The molecule has 0 bridgehead atoms. The van der Waals surface area contributed by atoms with Gasteiger partial charge in [0.05, 0.1) is 18.8 Å². The summed E-state index contributed by atoms with van der Waals surface area (Å²) in [5.41, 5.74) is 1.74. The highest BCUT2D eigenvalue weighted by atomic mass is 16.8. The molecular formula is C22H36O3. The van der Waals surface area contributed by atoms with Crippen LogP contribution in [0.4, 0.5) is 0 Å². The molecule has 4 aliphatic rings. The molecule has 0 aromatic carbocycles. The first kappa shape index (κ1) is 18.0. The molecule has 0 aromatic heterocycles. The Morgan fingerprint density at radius 2 is 1.72 bits per heavy atom. The van der Waals surface area contributed by atoms with Gasteiger partial charge in [0, 0.05) is 17.3 Å². The molecule has 1 spiro atoms. The third-order valence-corrected chi connectivity index (χ3v) is 8.62. The molecule has 2 saturated carbocycles. The third-order valence-electron chi connectivity index (χ3n) is 8.62. The van der Waals surface area contributed by atoms with Crippen LogP contribution in [0.2, 0.25) is 0 Å². The molecule has 1 saturated heterocycles. The Kier molecular flexibility index (Phi) is 4.00. The summed E-state index contributed by atoms with van der Waals surface area (Å²) in [7, 11) is 0. The highest BCUT2D eigenvalue weighted by molar-refractivity contribution is 5.32. The van der Waals surface area contributed by atoms with Gasteiger partial charge in [-0.25, -0.2) is 0 Å². The van der Waals surface area contributed by atoms with Crippen LogP contribution in [-0.4, -0.2) is 29.7 Å². The maximum absolute atomic E-state index is 10.3. The summed E-state index contributed by atoms with van der Waals surface area (Å²) < 4.78 is 13.0. The minimum atomic E-state index is -0.440. The Morgan fingerprint density at radius 1 is 1.04 bits per heavy atom. The Morgan fingerprint density at radius 3 is 2.36 bits per heavy atom. The van der Waals surface area contributed by atoms with Crippen LogP contribution in [0.1, 0.15) is 79.6 Å². The minimum Gasteiger partial charge on any atom is -0.395 e. The summed E-state index contributed by atoms with van der Waals surface area (Å²) in [5.74, 6) is 0.0973. The number of hydrogen-bond donors (Lipinski definition) is 1. The van der Waals surface area contributed by atoms with Crippen molar-refractivity contribution in [2.75, 3.05) is 6.61 Å². The van der Waals surface area contributed by atoms with E-state index in [0.29, 0.717) is 12.5 Å². The fraction of sp³-hybridized carbons (Fsp3) is 0.909. The second kappa shape index (κ2) is 5.56. The van der Waals surface area contributed by atoms with Gasteiger partial charge in [-0.1, -0.05) is 32.4 Å². The van der Waals surface area contributed by atoms with E-state index in [0.717, 1.165) is 25.7 Å². The Hall–Kier alpha value is -0.380. The number of hydrogen-bond acceptors (Lipinski definition) is 3. The summed E-state index contributed by atoms with van der Waals surface area (Å²) in [4.78, 5) is 0. The molecule has 5 atom stereocenters. The number of ether oxygens (including phenoxy) is 2. The summed E-state index contributed by atoms with van der Waals surface area (Å²) in [6, 6.07) is 0. The Balaban J connectivity index is 1.74. The standard InChI is InChI=1S/C22H36O3/c1-15-16(2)25-22(24-15)13-12-20(5)17(19(22,3)4)9-11-21(14-23)10-7-6-8-18(20)21/h8,15-17,23H,6-7,9-14H2,1-5H3/t15-,16-,17?,20-,21+/m1/s1. The van der Waals surface area contributed by atoms with Crippen molar-refractivity contribution >= 4 is 0 Å². The van der Waals surface area contributed by atoms with Crippen LogP contribution >= 0.6 is 0 Å². The van der Waals surface area contributed by atoms with Gasteiger partial charge in [0.2, 0.25) is 0 Å². The first-order valence-electron chi connectivity index (χ1n) is 10.4. The SMILES string of the molecule is C[C@H]1OC2(CC[C@@]3(C)C4=CCCC[C@@]4(CO)CCC3C2(C)C)O[C@@H]1C. The van der Waals surface area contributed by atoms with Crippen LogP contribution in [0.3, 0.4) is 0 Å². The van der Waals surface area contributed by atoms with Gasteiger partial charge >= 0.3 is 0 Å². The molecule has 0 aromatic rings. The van der Waals surface area contributed by atoms with Gasteiger partial charge in [0.25, 0.3) is 0 Å².